The van der Waals surface area contributed by atoms with E-state index in [-0.39, 0.29) is 0 Å². The minimum Gasteiger partial charge on any atom is -0.330 e. The highest BCUT2D eigenvalue weighted by Gasteiger charge is 1.96. The van der Waals surface area contributed by atoms with Crippen molar-refractivity contribution in [3.63, 3.8) is 0 Å². The lowest BCUT2D eigenvalue weighted by molar-refractivity contribution is 0.359. The summed E-state index contributed by atoms with van der Waals surface area (Å²) in [4.78, 5) is 2.21. The van der Waals surface area contributed by atoms with Crippen molar-refractivity contribution in [2.75, 3.05) is 26.7 Å². The van der Waals surface area contributed by atoms with Crippen molar-refractivity contribution in [1.29, 1.82) is 0 Å². The molecule has 2 nitrogen and oxygen atoms in total. The lowest BCUT2D eigenvalue weighted by Crippen LogP contribution is -2.23. The van der Waals surface area contributed by atoms with Crippen molar-refractivity contribution in [2.45, 2.75) is 13.3 Å². The molecule has 66 valence electrons. The van der Waals surface area contributed by atoms with Crippen LogP contribution in [0.25, 0.3) is 0 Å². The normalized spacial score (nSPS) is 12.6. The van der Waals surface area contributed by atoms with Crippen LogP contribution in [0.2, 0.25) is 0 Å². The van der Waals surface area contributed by atoms with Gasteiger partial charge >= 0.3 is 0 Å². The smallest absolute Gasteiger partial charge is 0.0198 e. The first-order chi connectivity index (χ1) is 5.20. The Hall–Kier alpha value is -0.0500. The van der Waals surface area contributed by atoms with Crippen LogP contribution >= 0.6 is 11.6 Å². The van der Waals surface area contributed by atoms with E-state index in [2.05, 4.69) is 11.9 Å². The Morgan fingerprint density at radius 2 is 2.27 bits per heavy atom. The van der Waals surface area contributed by atoms with Crippen molar-refractivity contribution in [1.82, 2.24) is 4.90 Å². The van der Waals surface area contributed by atoms with Gasteiger partial charge in [0.05, 0.1) is 0 Å². The van der Waals surface area contributed by atoms with Crippen molar-refractivity contribution in [2.24, 2.45) is 5.73 Å². The van der Waals surface area contributed by atoms with Gasteiger partial charge in [-0.2, -0.15) is 0 Å². The van der Waals surface area contributed by atoms with E-state index in [1.54, 1.807) is 5.54 Å². The van der Waals surface area contributed by atoms with Gasteiger partial charge in [-0.3, -0.25) is 0 Å². The molecule has 0 amide bonds. The maximum atomic E-state index is 5.52. The van der Waals surface area contributed by atoms with Gasteiger partial charge in [-0.15, -0.1) is 0 Å². The zero-order valence-electron chi connectivity index (χ0n) is 7.31. The molecule has 0 aliphatic rings. The number of hydrogen-bond acceptors (Lipinski definition) is 2. The Kier molecular flexibility index (Phi) is 6.62. The van der Waals surface area contributed by atoms with Crippen LogP contribution in [-0.2, 0) is 0 Å². The van der Waals surface area contributed by atoms with E-state index in [4.69, 9.17) is 17.3 Å². The maximum absolute atomic E-state index is 5.52. The molecule has 0 unspecified atom stereocenters. The summed E-state index contributed by atoms with van der Waals surface area (Å²) in [5.74, 6) is 0. The van der Waals surface area contributed by atoms with Gasteiger partial charge in [0.2, 0.25) is 0 Å². The van der Waals surface area contributed by atoms with Crippen LogP contribution in [0.15, 0.2) is 11.1 Å². The molecule has 3 heteroatoms. The van der Waals surface area contributed by atoms with Crippen LogP contribution in [0, 0.1) is 0 Å². The van der Waals surface area contributed by atoms with Gasteiger partial charge in [-0.1, -0.05) is 11.6 Å². The highest BCUT2D eigenvalue weighted by atomic mass is 35.5. The lowest BCUT2D eigenvalue weighted by atomic mass is 10.3. The average molecular weight is 177 g/mol. The summed E-state index contributed by atoms with van der Waals surface area (Å²) in [5, 5.41) is 0. The van der Waals surface area contributed by atoms with Gasteiger partial charge in [0.15, 0.2) is 0 Å². The largest absolute Gasteiger partial charge is 0.330 e. The van der Waals surface area contributed by atoms with Crippen LogP contribution in [0.1, 0.15) is 13.3 Å². The van der Waals surface area contributed by atoms with Gasteiger partial charge < -0.3 is 10.6 Å². The molecule has 0 aromatic heterocycles. The number of likely N-dealkylation sites (N-methyl/N-ethyl adjacent to an activating group) is 1. The Labute approximate surface area is 74.0 Å². The van der Waals surface area contributed by atoms with Gasteiger partial charge in [0.25, 0.3) is 0 Å². The number of halogens is 1. The molecule has 0 aromatic carbocycles. The first kappa shape index (κ1) is 11.0. The second-order valence-electron chi connectivity index (χ2n) is 2.84. The summed E-state index contributed by atoms with van der Waals surface area (Å²) < 4.78 is 0. The first-order valence-electron chi connectivity index (χ1n) is 3.85. The summed E-state index contributed by atoms with van der Waals surface area (Å²) in [6, 6.07) is 0. The van der Waals surface area contributed by atoms with E-state index in [0.29, 0.717) is 0 Å². The molecular formula is C8H17ClN2. The van der Waals surface area contributed by atoms with Crippen LogP contribution in [0.3, 0.4) is 0 Å². The maximum Gasteiger partial charge on any atom is 0.0198 e. The second kappa shape index (κ2) is 6.65. The minimum absolute atomic E-state index is 0.758. The first-order valence-corrected chi connectivity index (χ1v) is 4.28. The van der Waals surface area contributed by atoms with Crippen molar-refractivity contribution < 1.29 is 0 Å². The standard InChI is InChI=1S/C8H17ClN2/c1-8(6-9)7-11(2)5-3-4-10/h6H,3-5,7,10H2,1-2H3. The fourth-order valence-corrected chi connectivity index (χ4v) is 0.970. The third-order valence-electron chi connectivity index (χ3n) is 1.45. The van der Waals surface area contributed by atoms with Crippen molar-refractivity contribution in [3.8, 4) is 0 Å². The monoisotopic (exact) mass is 176 g/mol. The van der Waals surface area contributed by atoms with E-state index >= 15 is 0 Å². The van der Waals surface area contributed by atoms with Crippen molar-refractivity contribution in [3.05, 3.63) is 11.1 Å². The summed E-state index contributed by atoms with van der Waals surface area (Å²) >= 11 is 5.52. The Balaban J connectivity index is 3.43. The zero-order chi connectivity index (χ0) is 8.69. The van der Waals surface area contributed by atoms with Gasteiger partial charge in [0.1, 0.15) is 0 Å². The Morgan fingerprint density at radius 1 is 1.64 bits per heavy atom. The number of nitrogens with two attached hydrogens (primary N) is 1. The minimum atomic E-state index is 0.758. The predicted octanol–water partition coefficient (Wildman–Crippen LogP) is 1.41. The fourth-order valence-electron chi connectivity index (χ4n) is 0.901. The molecule has 0 spiro atoms. The predicted molar refractivity (Wildman–Crippen MR) is 50.8 cm³/mol. The molecular weight excluding hydrogens is 160 g/mol. The average Bonchev–Trinajstić information content (AvgIpc) is 2.00. The molecule has 0 saturated heterocycles. The second-order valence-corrected chi connectivity index (χ2v) is 3.05. The SMILES string of the molecule is CC(=CCl)CN(C)CCCN. The van der Waals surface area contributed by atoms with Crippen LogP contribution in [-0.4, -0.2) is 31.6 Å². The summed E-state index contributed by atoms with van der Waals surface area (Å²) in [7, 11) is 2.07. The highest BCUT2D eigenvalue weighted by Crippen LogP contribution is 1.98. The van der Waals surface area contributed by atoms with E-state index in [1.165, 1.54) is 5.57 Å². The van der Waals surface area contributed by atoms with Crippen molar-refractivity contribution >= 4 is 11.6 Å². The Morgan fingerprint density at radius 3 is 2.73 bits per heavy atom. The van der Waals surface area contributed by atoms with E-state index in [1.807, 2.05) is 6.92 Å². The van der Waals surface area contributed by atoms with Gasteiger partial charge in [-0.25, -0.2) is 0 Å². The molecule has 0 aliphatic carbocycles. The molecule has 11 heavy (non-hydrogen) atoms. The summed E-state index contributed by atoms with van der Waals surface area (Å²) in [6.45, 7) is 4.75. The molecule has 0 radical (unpaired) electrons. The van der Waals surface area contributed by atoms with Gasteiger partial charge in [-0.05, 0) is 39.1 Å². The zero-order valence-corrected chi connectivity index (χ0v) is 8.06. The fraction of sp³-hybridized carbons (Fsp3) is 0.750. The molecule has 0 bridgehead atoms. The summed E-state index contributed by atoms with van der Waals surface area (Å²) in [5.41, 5.74) is 8.18. The molecule has 0 rings (SSSR count). The summed E-state index contributed by atoms with van der Waals surface area (Å²) in [6.07, 6.45) is 1.05. The molecule has 2 N–H and O–H groups in total. The highest BCUT2D eigenvalue weighted by molar-refractivity contribution is 6.25. The molecule has 0 saturated carbocycles. The van der Waals surface area contributed by atoms with Crippen LogP contribution < -0.4 is 5.73 Å². The van der Waals surface area contributed by atoms with Crippen LogP contribution in [0.4, 0.5) is 0 Å². The lowest BCUT2D eigenvalue weighted by Gasteiger charge is -2.15. The Bertz CT molecular complexity index is 123. The molecule has 0 heterocycles. The quantitative estimate of drug-likeness (QED) is 0.687. The van der Waals surface area contributed by atoms with Crippen LogP contribution in [0.5, 0.6) is 0 Å². The molecule has 0 aliphatic heterocycles. The molecule has 0 aromatic rings. The number of hydrogen-bond donors (Lipinski definition) is 1. The van der Waals surface area contributed by atoms with E-state index in [0.717, 1.165) is 26.1 Å². The van der Waals surface area contributed by atoms with E-state index < -0.39 is 0 Å². The topological polar surface area (TPSA) is 29.3 Å². The van der Waals surface area contributed by atoms with Gasteiger partial charge in [0, 0.05) is 12.1 Å². The molecule has 0 atom stereocenters. The third-order valence-corrected chi connectivity index (χ3v) is 1.82. The van der Waals surface area contributed by atoms with E-state index in [9.17, 15) is 0 Å². The molecule has 0 fully saturated rings. The third kappa shape index (κ3) is 6.35. The number of rotatable bonds is 5. The number of nitrogens with zero attached hydrogens (tertiary/aromatic N) is 1.